The molecule has 2 heteroatoms. The number of benzene rings is 1. The summed E-state index contributed by atoms with van der Waals surface area (Å²) in [5.41, 5.74) is 2.76. The summed E-state index contributed by atoms with van der Waals surface area (Å²) in [4.78, 5) is 0. The summed E-state index contributed by atoms with van der Waals surface area (Å²) in [6.07, 6.45) is 3.88. The van der Waals surface area contributed by atoms with E-state index < -0.39 is 0 Å². The van der Waals surface area contributed by atoms with Crippen LogP contribution in [-0.2, 0) is 0 Å². The number of rotatable bonds is 3. The molecular weight excluding hydrogens is 222 g/mol. The van der Waals surface area contributed by atoms with E-state index in [1.54, 1.807) is 0 Å². The molecule has 2 rings (SSSR count). The molecule has 1 aromatic carbocycles. The van der Waals surface area contributed by atoms with Gasteiger partial charge in [0.05, 0.1) is 6.10 Å². The lowest BCUT2D eigenvalue weighted by Crippen LogP contribution is -2.19. The molecule has 0 aromatic heterocycles. The van der Waals surface area contributed by atoms with Gasteiger partial charge >= 0.3 is 0 Å². The second-order valence-electron chi connectivity index (χ2n) is 5.59. The highest BCUT2D eigenvalue weighted by Crippen LogP contribution is 2.25. The van der Waals surface area contributed by atoms with E-state index in [-0.39, 0.29) is 0 Å². The predicted molar refractivity (Wildman–Crippen MR) is 76.4 cm³/mol. The maximum Gasteiger partial charge on any atom is 0.120 e. The highest BCUT2D eigenvalue weighted by Gasteiger charge is 2.14. The van der Waals surface area contributed by atoms with E-state index in [1.807, 2.05) is 0 Å². The van der Waals surface area contributed by atoms with Crippen LogP contribution in [0.15, 0.2) is 18.2 Å². The lowest BCUT2D eigenvalue weighted by atomic mass is 9.98. The van der Waals surface area contributed by atoms with Gasteiger partial charge in [0, 0.05) is 0 Å². The zero-order chi connectivity index (χ0) is 13.0. The minimum atomic E-state index is 0.379. The van der Waals surface area contributed by atoms with Crippen molar-refractivity contribution in [3.63, 3.8) is 0 Å². The van der Waals surface area contributed by atoms with Crippen molar-refractivity contribution in [2.24, 2.45) is 0 Å². The van der Waals surface area contributed by atoms with E-state index in [1.165, 1.54) is 17.5 Å². The largest absolute Gasteiger partial charge is 0.490 e. The summed E-state index contributed by atoms with van der Waals surface area (Å²) in [5.74, 6) is 1.62. The van der Waals surface area contributed by atoms with Crippen molar-refractivity contribution in [2.45, 2.75) is 52.1 Å². The van der Waals surface area contributed by atoms with Gasteiger partial charge in [-0.2, -0.15) is 0 Å². The Morgan fingerprint density at radius 1 is 1.22 bits per heavy atom. The standard InChI is InChI=1S/C16H25NO/c1-12(2)16-7-6-15(11-13(16)3)18-14-5-4-9-17-10-8-14/h6-7,11-12,14,17H,4-5,8-10H2,1-3H3. The first-order valence-electron chi connectivity index (χ1n) is 7.14. The molecule has 2 nitrogen and oxygen atoms in total. The summed E-state index contributed by atoms with van der Waals surface area (Å²) in [5, 5.41) is 3.42. The van der Waals surface area contributed by atoms with Gasteiger partial charge in [-0.3, -0.25) is 0 Å². The van der Waals surface area contributed by atoms with Gasteiger partial charge in [-0.1, -0.05) is 19.9 Å². The molecule has 1 saturated heterocycles. The van der Waals surface area contributed by atoms with Crippen LogP contribution in [0.1, 0.15) is 50.2 Å². The first-order valence-corrected chi connectivity index (χ1v) is 7.14. The predicted octanol–water partition coefficient (Wildman–Crippen LogP) is 3.64. The molecule has 1 unspecified atom stereocenters. The molecule has 1 heterocycles. The van der Waals surface area contributed by atoms with Gasteiger partial charge in [-0.15, -0.1) is 0 Å². The van der Waals surface area contributed by atoms with Crippen molar-refractivity contribution in [2.75, 3.05) is 13.1 Å². The molecule has 1 N–H and O–H groups in total. The van der Waals surface area contributed by atoms with Crippen LogP contribution in [0.4, 0.5) is 0 Å². The van der Waals surface area contributed by atoms with E-state index in [4.69, 9.17) is 4.74 Å². The topological polar surface area (TPSA) is 21.3 Å². The number of hydrogen-bond donors (Lipinski definition) is 1. The Balaban J connectivity index is 2.02. The first kappa shape index (κ1) is 13.4. The molecule has 0 amide bonds. The smallest absolute Gasteiger partial charge is 0.120 e. The van der Waals surface area contributed by atoms with E-state index in [2.05, 4.69) is 44.3 Å². The van der Waals surface area contributed by atoms with E-state index in [0.717, 1.165) is 31.7 Å². The molecule has 1 aliphatic heterocycles. The van der Waals surface area contributed by atoms with Gasteiger partial charge < -0.3 is 10.1 Å². The highest BCUT2D eigenvalue weighted by molar-refractivity contribution is 5.36. The molecule has 0 aliphatic carbocycles. The summed E-state index contributed by atoms with van der Waals surface area (Å²) in [6.45, 7) is 8.86. The fraction of sp³-hybridized carbons (Fsp3) is 0.625. The second-order valence-corrected chi connectivity index (χ2v) is 5.59. The minimum absolute atomic E-state index is 0.379. The molecule has 0 spiro atoms. The molecule has 100 valence electrons. The Hall–Kier alpha value is -1.02. The van der Waals surface area contributed by atoms with Gasteiger partial charge in [0.15, 0.2) is 0 Å². The fourth-order valence-electron chi connectivity index (χ4n) is 2.67. The molecule has 1 aromatic rings. The molecule has 1 fully saturated rings. The zero-order valence-corrected chi connectivity index (χ0v) is 11.8. The Labute approximate surface area is 111 Å². The second kappa shape index (κ2) is 6.24. The number of hydrogen-bond acceptors (Lipinski definition) is 2. The quantitative estimate of drug-likeness (QED) is 0.880. The van der Waals surface area contributed by atoms with Gasteiger partial charge in [0.2, 0.25) is 0 Å². The lowest BCUT2D eigenvalue weighted by molar-refractivity contribution is 0.187. The molecule has 0 saturated carbocycles. The maximum atomic E-state index is 6.11. The van der Waals surface area contributed by atoms with Gasteiger partial charge in [-0.25, -0.2) is 0 Å². The molecule has 18 heavy (non-hydrogen) atoms. The Bertz CT molecular complexity index is 379. The molecule has 1 atom stereocenters. The third-order valence-electron chi connectivity index (χ3n) is 3.69. The van der Waals surface area contributed by atoms with Crippen LogP contribution in [0.25, 0.3) is 0 Å². The Morgan fingerprint density at radius 2 is 2.06 bits per heavy atom. The Morgan fingerprint density at radius 3 is 2.78 bits per heavy atom. The third-order valence-corrected chi connectivity index (χ3v) is 3.69. The number of nitrogens with one attached hydrogen (secondary N) is 1. The lowest BCUT2D eigenvalue weighted by Gasteiger charge is -2.18. The zero-order valence-electron chi connectivity index (χ0n) is 11.8. The van der Waals surface area contributed by atoms with Gasteiger partial charge in [0.25, 0.3) is 0 Å². The van der Waals surface area contributed by atoms with Crippen LogP contribution in [0.2, 0.25) is 0 Å². The summed E-state index contributed by atoms with van der Waals surface area (Å²) < 4.78 is 6.11. The van der Waals surface area contributed by atoms with Crippen molar-refractivity contribution in [1.82, 2.24) is 5.32 Å². The minimum Gasteiger partial charge on any atom is -0.490 e. The number of aryl methyl sites for hydroxylation is 1. The van der Waals surface area contributed by atoms with Crippen LogP contribution in [0.3, 0.4) is 0 Å². The monoisotopic (exact) mass is 247 g/mol. The maximum absolute atomic E-state index is 6.11. The van der Waals surface area contributed by atoms with E-state index >= 15 is 0 Å². The van der Waals surface area contributed by atoms with Crippen LogP contribution < -0.4 is 10.1 Å². The van der Waals surface area contributed by atoms with Gasteiger partial charge in [-0.05, 0) is 68.5 Å². The van der Waals surface area contributed by atoms with Crippen LogP contribution in [-0.4, -0.2) is 19.2 Å². The molecule has 1 aliphatic rings. The van der Waals surface area contributed by atoms with Crippen molar-refractivity contribution in [3.05, 3.63) is 29.3 Å². The third kappa shape index (κ3) is 3.49. The van der Waals surface area contributed by atoms with Crippen molar-refractivity contribution >= 4 is 0 Å². The molecular formula is C16H25NO. The van der Waals surface area contributed by atoms with Gasteiger partial charge in [0.1, 0.15) is 5.75 Å². The number of ether oxygens (including phenoxy) is 1. The molecule has 0 bridgehead atoms. The molecule has 0 radical (unpaired) electrons. The SMILES string of the molecule is Cc1cc(OC2CCCNCC2)ccc1C(C)C. The summed E-state index contributed by atoms with van der Waals surface area (Å²) >= 11 is 0. The first-order chi connectivity index (χ1) is 8.66. The van der Waals surface area contributed by atoms with Crippen molar-refractivity contribution in [3.8, 4) is 5.75 Å². The van der Waals surface area contributed by atoms with Crippen LogP contribution in [0, 0.1) is 6.92 Å². The normalized spacial score (nSPS) is 20.8. The van der Waals surface area contributed by atoms with Crippen molar-refractivity contribution in [1.29, 1.82) is 0 Å². The fourth-order valence-corrected chi connectivity index (χ4v) is 2.67. The Kier molecular flexibility index (Phi) is 4.65. The summed E-state index contributed by atoms with van der Waals surface area (Å²) in [6, 6.07) is 6.53. The van der Waals surface area contributed by atoms with E-state index in [9.17, 15) is 0 Å². The average Bonchev–Trinajstić information content (AvgIpc) is 2.57. The highest BCUT2D eigenvalue weighted by atomic mass is 16.5. The van der Waals surface area contributed by atoms with E-state index in [0.29, 0.717) is 12.0 Å². The summed E-state index contributed by atoms with van der Waals surface area (Å²) in [7, 11) is 0. The van der Waals surface area contributed by atoms with Crippen LogP contribution >= 0.6 is 0 Å². The van der Waals surface area contributed by atoms with Crippen LogP contribution in [0.5, 0.6) is 5.75 Å². The average molecular weight is 247 g/mol. The van der Waals surface area contributed by atoms with Crippen molar-refractivity contribution < 1.29 is 4.74 Å².